The third kappa shape index (κ3) is 6.48. The van der Waals surface area contributed by atoms with Gasteiger partial charge in [0.2, 0.25) is 0 Å². The van der Waals surface area contributed by atoms with Gasteiger partial charge in [0.25, 0.3) is 0 Å². The Morgan fingerprint density at radius 2 is 1.56 bits per heavy atom. The van der Waals surface area contributed by atoms with Gasteiger partial charge in [-0.3, -0.25) is 6.29 Å². The molecule has 86 valence electrons. The summed E-state index contributed by atoms with van der Waals surface area (Å²) in [7, 11) is 0. The molecule has 0 radical (unpaired) electrons. The molecule has 0 aromatic heterocycles. The molecule has 0 spiro atoms. The van der Waals surface area contributed by atoms with Crippen LogP contribution in [0.5, 0.6) is 0 Å². The maximum Gasteiger partial charge on any atom is 2.00 e. The van der Waals surface area contributed by atoms with Gasteiger partial charge in [-0.05, 0) is 24.0 Å². The van der Waals surface area contributed by atoms with Crippen molar-refractivity contribution in [2.24, 2.45) is 5.73 Å². The molecule has 0 bridgehead atoms. The zero-order valence-corrected chi connectivity index (χ0v) is 14.2. The molecule has 1 aromatic rings. The van der Waals surface area contributed by atoms with Gasteiger partial charge in [-0.1, -0.05) is 24.3 Å². The average molecular weight is 443 g/mol. The summed E-state index contributed by atoms with van der Waals surface area (Å²) < 4.78 is 0. The molecule has 0 fully saturated rings. The molecule has 2 nitrogen and oxygen atoms in total. The maximum absolute atomic E-state index is 8.68. The zero-order chi connectivity index (χ0) is 11.7. The largest absolute Gasteiger partial charge is 2.00 e. The first-order valence-electron chi connectivity index (χ1n) is 5.10. The number of rotatable bonds is 0. The Balaban J connectivity index is 0. The Kier molecular flexibility index (Phi) is 13.0. The monoisotopic (exact) mass is 443 g/mol. The molecular weight excluding hydrogens is 424 g/mol. The molecule has 0 amide bonds. The smallest absolute Gasteiger partial charge is 0.542 e. The maximum atomic E-state index is 8.68. The minimum atomic E-state index is 0. The molecular formula is C13H19NOU. The van der Waals surface area contributed by atoms with Gasteiger partial charge in [-0.15, -0.1) is 0 Å². The second-order valence-electron chi connectivity index (χ2n) is 3.14. The predicted octanol–water partition coefficient (Wildman–Crippen LogP) is 2.07. The fourth-order valence-corrected chi connectivity index (χ4v) is 1.59. The van der Waals surface area contributed by atoms with E-state index in [0.717, 1.165) is 12.8 Å². The van der Waals surface area contributed by atoms with Gasteiger partial charge >= 0.3 is 31.1 Å². The summed E-state index contributed by atoms with van der Waals surface area (Å²) in [6.07, 6.45) is 3.63. The molecule has 0 heterocycles. The van der Waals surface area contributed by atoms with Gasteiger partial charge in [0.15, 0.2) is 0 Å². The van der Waals surface area contributed by atoms with Crippen LogP contribution in [0.1, 0.15) is 25.0 Å². The standard InChI is InChI=1S/C9H11N.C2H3O.C2H5.U/c10-9-5-7-3-1-2-4-8(7)6-9;1-2-3;1-2;/h1-4,9H,5-6,10H2;1H3;1H2,2H3;/q;2*-1;+2. The molecule has 0 aliphatic heterocycles. The van der Waals surface area contributed by atoms with E-state index < -0.39 is 0 Å². The Morgan fingerprint density at radius 1 is 1.25 bits per heavy atom. The predicted molar refractivity (Wildman–Crippen MR) is 64.2 cm³/mol. The number of fused-ring (bicyclic) bond motifs is 1. The third-order valence-corrected chi connectivity index (χ3v) is 2.08. The van der Waals surface area contributed by atoms with Crippen LogP contribution in [0.3, 0.4) is 0 Å². The van der Waals surface area contributed by atoms with E-state index in [2.05, 4.69) is 31.2 Å². The summed E-state index contributed by atoms with van der Waals surface area (Å²) in [5.74, 6) is 0. The molecule has 3 heteroatoms. The first-order valence-corrected chi connectivity index (χ1v) is 5.10. The van der Waals surface area contributed by atoms with Crippen molar-refractivity contribution in [1.82, 2.24) is 0 Å². The quantitative estimate of drug-likeness (QED) is 0.625. The van der Waals surface area contributed by atoms with E-state index in [0.29, 0.717) is 6.04 Å². The van der Waals surface area contributed by atoms with Crippen LogP contribution in [0.4, 0.5) is 0 Å². The van der Waals surface area contributed by atoms with Crippen LogP contribution in [0.2, 0.25) is 0 Å². The second-order valence-corrected chi connectivity index (χ2v) is 3.14. The minimum Gasteiger partial charge on any atom is -0.542 e. The Hall–Kier alpha value is -0.0981. The molecule has 0 atom stereocenters. The Labute approximate surface area is 122 Å². The van der Waals surface area contributed by atoms with Crippen LogP contribution in [-0.4, -0.2) is 12.3 Å². The van der Waals surface area contributed by atoms with E-state index in [4.69, 9.17) is 10.5 Å². The van der Waals surface area contributed by atoms with Gasteiger partial charge in [0, 0.05) is 6.04 Å². The Morgan fingerprint density at radius 3 is 1.88 bits per heavy atom. The van der Waals surface area contributed by atoms with Crippen LogP contribution in [0, 0.1) is 38.0 Å². The fraction of sp³-hybridized carbons (Fsp3) is 0.385. The van der Waals surface area contributed by atoms with E-state index in [9.17, 15) is 0 Å². The van der Waals surface area contributed by atoms with Gasteiger partial charge in [-0.25, -0.2) is 0 Å². The topological polar surface area (TPSA) is 43.1 Å². The van der Waals surface area contributed by atoms with Crippen molar-refractivity contribution in [3.8, 4) is 0 Å². The molecule has 1 aliphatic carbocycles. The van der Waals surface area contributed by atoms with Crippen molar-refractivity contribution in [3.05, 3.63) is 42.3 Å². The van der Waals surface area contributed by atoms with Crippen LogP contribution < -0.4 is 5.73 Å². The van der Waals surface area contributed by atoms with Crippen molar-refractivity contribution in [2.75, 3.05) is 0 Å². The van der Waals surface area contributed by atoms with Crippen LogP contribution in [0.15, 0.2) is 24.3 Å². The van der Waals surface area contributed by atoms with Crippen LogP contribution in [0.25, 0.3) is 0 Å². The van der Waals surface area contributed by atoms with Gasteiger partial charge in [0.1, 0.15) is 0 Å². The number of hydrogen-bond donors (Lipinski definition) is 1. The van der Waals surface area contributed by atoms with Crippen molar-refractivity contribution in [1.29, 1.82) is 0 Å². The average Bonchev–Trinajstić information content (AvgIpc) is 2.62. The molecule has 0 saturated carbocycles. The second kappa shape index (κ2) is 11.4. The minimum absolute atomic E-state index is 0. The van der Waals surface area contributed by atoms with Gasteiger partial charge in [0.05, 0.1) is 0 Å². The SMILES string of the molecule is C[C-]=O.NC1Cc2ccccc2C1.[CH2-]C.[U+2]. The number of benzene rings is 1. The summed E-state index contributed by atoms with van der Waals surface area (Å²) in [6.45, 7) is 6.32. The van der Waals surface area contributed by atoms with Gasteiger partial charge in [-0.2, -0.15) is 13.8 Å². The van der Waals surface area contributed by atoms with Crippen molar-refractivity contribution < 1.29 is 35.9 Å². The van der Waals surface area contributed by atoms with Gasteiger partial charge < -0.3 is 17.5 Å². The third-order valence-electron chi connectivity index (χ3n) is 2.08. The summed E-state index contributed by atoms with van der Waals surface area (Å²) in [4.78, 5) is 8.68. The van der Waals surface area contributed by atoms with Crippen molar-refractivity contribution in [2.45, 2.75) is 32.7 Å². The summed E-state index contributed by atoms with van der Waals surface area (Å²) in [5.41, 5.74) is 8.66. The number of hydrogen-bond acceptors (Lipinski definition) is 2. The molecule has 2 N–H and O–H groups in total. The van der Waals surface area contributed by atoms with Crippen LogP contribution in [-0.2, 0) is 17.6 Å². The van der Waals surface area contributed by atoms with Crippen molar-refractivity contribution >= 4 is 6.29 Å². The molecule has 0 unspecified atom stereocenters. The number of carbonyl (C=O) groups excluding carboxylic acids is 1. The summed E-state index contributed by atoms with van der Waals surface area (Å²) in [6, 6.07) is 8.87. The van der Waals surface area contributed by atoms with E-state index in [1.54, 1.807) is 6.92 Å². The Bertz CT molecular complexity index is 264. The molecule has 0 saturated heterocycles. The summed E-state index contributed by atoms with van der Waals surface area (Å²) >= 11 is 0. The number of nitrogens with two attached hydrogens (primary N) is 1. The first kappa shape index (κ1) is 18.3. The van der Waals surface area contributed by atoms with E-state index in [-0.39, 0.29) is 31.1 Å². The normalized spacial score (nSPS) is 12.0. The van der Waals surface area contributed by atoms with E-state index in [1.807, 2.05) is 0 Å². The molecule has 2 rings (SSSR count). The molecule has 16 heavy (non-hydrogen) atoms. The van der Waals surface area contributed by atoms with Crippen molar-refractivity contribution in [3.63, 3.8) is 0 Å². The van der Waals surface area contributed by atoms with E-state index >= 15 is 0 Å². The first-order chi connectivity index (χ1) is 7.27. The van der Waals surface area contributed by atoms with Crippen LogP contribution >= 0.6 is 0 Å². The fourth-order valence-electron chi connectivity index (χ4n) is 1.59. The van der Waals surface area contributed by atoms with E-state index in [1.165, 1.54) is 24.3 Å². The molecule has 1 aliphatic rings. The summed E-state index contributed by atoms with van der Waals surface area (Å²) in [5, 5.41) is 0. The zero-order valence-electron chi connectivity index (χ0n) is 9.99. The molecule has 1 aromatic carbocycles.